The van der Waals surface area contributed by atoms with Crippen molar-refractivity contribution in [3.05, 3.63) is 29.3 Å². The molecular formula is C17H27NO2. The zero-order valence-corrected chi connectivity index (χ0v) is 12.9. The maximum atomic E-state index is 9.35. The van der Waals surface area contributed by atoms with Crippen molar-refractivity contribution in [3.8, 4) is 5.75 Å². The Hall–Kier alpha value is -1.06. The molecule has 0 amide bonds. The lowest BCUT2D eigenvalue weighted by molar-refractivity contribution is 0.207. The van der Waals surface area contributed by atoms with Gasteiger partial charge in [0.15, 0.2) is 0 Å². The highest BCUT2D eigenvalue weighted by Crippen LogP contribution is 2.24. The van der Waals surface area contributed by atoms with Gasteiger partial charge in [0.05, 0.1) is 13.2 Å². The molecule has 1 aliphatic rings. The van der Waals surface area contributed by atoms with Crippen LogP contribution in [-0.4, -0.2) is 30.4 Å². The molecule has 1 saturated carbocycles. The Kier molecular flexibility index (Phi) is 5.44. The molecule has 0 bridgehead atoms. The fraction of sp³-hybridized carbons (Fsp3) is 0.647. The van der Waals surface area contributed by atoms with Gasteiger partial charge in [-0.05, 0) is 49.3 Å². The number of aryl methyl sites for hydroxylation is 1. The molecular weight excluding hydrogens is 250 g/mol. The predicted octanol–water partition coefficient (Wildman–Crippen LogP) is 3.00. The number of aliphatic hydroxyl groups excluding tert-OH is 1. The summed E-state index contributed by atoms with van der Waals surface area (Å²) in [5, 5.41) is 12.8. The van der Waals surface area contributed by atoms with Gasteiger partial charge >= 0.3 is 0 Å². The first kappa shape index (κ1) is 15.3. The topological polar surface area (TPSA) is 41.5 Å². The minimum atomic E-state index is 0.163. The molecule has 1 aromatic carbocycles. The quantitative estimate of drug-likeness (QED) is 0.767. The van der Waals surface area contributed by atoms with Crippen molar-refractivity contribution in [2.75, 3.05) is 13.2 Å². The summed E-state index contributed by atoms with van der Waals surface area (Å²) in [5.74, 6) is 1.49. The summed E-state index contributed by atoms with van der Waals surface area (Å²) in [5.41, 5.74) is 2.48. The molecule has 1 aromatic rings. The van der Waals surface area contributed by atoms with Crippen LogP contribution < -0.4 is 10.1 Å². The highest BCUT2D eigenvalue weighted by molar-refractivity contribution is 5.37. The normalized spacial score (nSPS) is 16.4. The smallest absolute Gasteiger partial charge is 0.122 e. The molecule has 112 valence electrons. The number of ether oxygens (including phenoxy) is 1. The molecule has 0 spiro atoms. The van der Waals surface area contributed by atoms with Crippen molar-refractivity contribution in [1.29, 1.82) is 0 Å². The van der Waals surface area contributed by atoms with E-state index in [0.717, 1.165) is 12.2 Å². The van der Waals surface area contributed by atoms with E-state index in [1.54, 1.807) is 0 Å². The molecule has 2 N–H and O–H groups in total. The zero-order valence-electron chi connectivity index (χ0n) is 12.9. The Morgan fingerprint density at radius 2 is 2.10 bits per heavy atom. The molecule has 1 atom stereocenters. The highest BCUT2D eigenvalue weighted by atomic mass is 16.5. The van der Waals surface area contributed by atoms with E-state index in [1.807, 2.05) is 0 Å². The Morgan fingerprint density at radius 1 is 1.35 bits per heavy atom. The molecule has 0 heterocycles. The fourth-order valence-electron chi connectivity index (χ4n) is 2.25. The third kappa shape index (κ3) is 4.50. The summed E-state index contributed by atoms with van der Waals surface area (Å²) in [4.78, 5) is 0. The number of nitrogens with one attached hydrogen (secondary N) is 1. The summed E-state index contributed by atoms with van der Waals surface area (Å²) in [7, 11) is 0. The van der Waals surface area contributed by atoms with E-state index in [4.69, 9.17) is 4.74 Å². The Labute approximate surface area is 122 Å². The third-order valence-electron chi connectivity index (χ3n) is 3.87. The average Bonchev–Trinajstić information content (AvgIpc) is 3.23. The summed E-state index contributed by atoms with van der Waals surface area (Å²) in [6, 6.07) is 7.21. The molecule has 0 aliphatic heterocycles. The van der Waals surface area contributed by atoms with Gasteiger partial charge in [0.1, 0.15) is 5.75 Å². The molecule has 20 heavy (non-hydrogen) atoms. The monoisotopic (exact) mass is 277 g/mol. The Morgan fingerprint density at radius 3 is 2.70 bits per heavy atom. The second-order valence-corrected chi connectivity index (χ2v) is 6.14. The molecule has 3 heteroatoms. The van der Waals surface area contributed by atoms with Crippen LogP contribution in [0, 0.1) is 6.92 Å². The number of aliphatic hydroxyl groups is 1. The van der Waals surface area contributed by atoms with E-state index in [9.17, 15) is 5.11 Å². The molecule has 3 nitrogen and oxygen atoms in total. The second-order valence-electron chi connectivity index (χ2n) is 6.14. The van der Waals surface area contributed by atoms with Gasteiger partial charge < -0.3 is 15.2 Å². The summed E-state index contributed by atoms with van der Waals surface area (Å²) in [6.07, 6.45) is 3.33. The zero-order chi connectivity index (χ0) is 14.5. The molecule has 0 saturated heterocycles. The summed E-state index contributed by atoms with van der Waals surface area (Å²) >= 11 is 0. The van der Waals surface area contributed by atoms with Crippen LogP contribution in [-0.2, 0) is 0 Å². The van der Waals surface area contributed by atoms with Crippen molar-refractivity contribution in [1.82, 2.24) is 5.32 Å². The van der Waals surface area contributed by atoms with Crippen LogP contribution in [0.1, 0.15) is 50.2 Å². The van der Waals surface area contributed by atoms with Gasteiger partial charge in [-0.2, -0.15) is 0 Å². The van der Waals surface area contributed by atoms with E-state index in [0.29, 0.717) is 18.6 Å². The number of hydrogen-bond acceptors (Lipinski definition) is 3. The van der Waals surface area contributed by atoms with Crippen molar-refractivity contribution in [2.45, 2.75) is 58.0 Å². The van der Waals surface area contributed by atoms with E-state index >= 15 is 0 Å². The van der Waals surface area contributed by atoms with Gasteiger partial charge in [-0.1, -0.05) is 26.0 Å². The van der Waals surface area contributed by atoms with E-state index in [-0.39, 0.29) is 12.6 Å². The molecule has 1 unspecified atom stereocenters. The van der Waals surface area contributed by atoms with Gasteiger partial charge in [0.2, 0.25) is 0 Å². The van der Waals surface area contributed by atoms with Gasteiger partial charge in [0.25, 0.3) is 0 Å². The number of benzene rings is 1. The second kappa shape index (κ2) is 7.09. The maximum Gasteiger partial charge on any atom is 0.122 e. The van der Waals surface area contributed by atoms with E-state index in [2.05, 4.69) is 44.3 Å². The first-order valence-electron chi connectivity index (χ1n) is 7.70. The lowest BCUT2D eigenvalue weighted by Gasteiger charge is -2.17. The SMILES string of the molecule is Cc1ccc(C(C)C)cc1OCCC(CO)NC1CC1. The summed E-state index contributed by atoms with van der Waals surface area (Å²) < 4.78 is 5.91. The summed E-state index contributed by atoms with van der Waals surface area (Å²) in [6.45, 7) is 7.29. The fourth-order valence-corrected chi connectivity index (χ4v) is 2.25. The van der Waals surface area contributed by atoms with Crippen molar-refractivity contribution >= 4 is 0 Å². The largest absolute Gasteiger partial charge is 0.493 e. The molecule has 0 radical (unpaired) electrons. The first-order valence-corrected chi connectivity index (χ1v) is 7.70. The molecule has 2 rings (SSSR count). The molecule has 1 fully saturated rings. The average molecular weight is 277 g/mol. The van der Waals surface area contributed by atoms with Gasteiger partial charge in [0, 0.05) is 12.1 Å². The highest BCUT2D eigenvalue weighted by Gasteiger charge is 2.24. The standard InChI is InChI=1S/C17H27NO2/c1-12(2)14-5-4-13(3)17(10-14)20-9-8-16(11-19)18-15-6-7-15/h4-5,10,12,15-16,18-19H,6-9,11H2,1-3H3. The van der Waals surface area contributed by atoms with Gasteiger partial charge in [-0.25, -0.2) is 0 Å². The van der Waals surface area contributed by atoms with Crippen LogP contribution in [0.3, 0.4) is 0 Å². The first-order chi connectivity index (χ1) is 9.60. The van der Waals surface area contributed by atoms with Crippen LogP contribution in [0.2, 0.25) is 0 Å². The minimum Gasteiger partial charge on any atom is -0.493 e. The van der Waals surface area contributed by atoms with Gasteiger partial charge in [-0.3, -0.25) is 0 Å². The van der Waals surface area contributed by atoms with Crippen LogP contribution >= 0.6 is 0 Å². The van der Waals surface area contributed by atoms with Crippen molar-refractivity contribution in [3.63, 3.8) is 0 Å². The minimum absolute atomic E-state index is 0.163. The maximum absolute atomic E-state index is 9.35. The van der Waals surface area contributed by atoms with Crippen LogP contribution in [0.15, 0.2) is 18.2 Å². The lowest BCUT2D eigenvalue weighted by Crippen LogP contribution is -2.35. The molecule has 1 aliphatic carbocycles. The van der Waals surface area contributed by atoms with Crippen molar-refractivity contribution in [2.24, 2.45) is 0 Å². The Bertz CT molecular complexity index is 427. The van der Waals surface area contributed by atoms with Gasteiger partial charge in [-0.15, -0.1) is 0 Å². The van der Waals surface area contributed by atoms with E-state index < -0.39 is 0 Å². The predicted molar refractivity (Wildman–Crippen MR) is 82.4 cm³/mol. The third-order valence-corrected chi connectivity index (χ3v) is 3.87. The van der Waals surface area contributed by atoms with Crippen LogP contribution in [0.5, 0.6) is 5.75 Å². The lowest BCUT2D eigenvalue weighted by atomic mass is 10.0. The molecule has 0 aromatic heterocycles. The van der Waals surface area contributed by atoms with Crippen molar-refractivity contribution < 1.29 is 9.84 Å². The number of hydrogen-bond donors (Lipinski definition) is 2. The Balaban J connectivity index is 1.84. The number of rotatable bonds is 8. The van der Waals surface area contributed by atoms with E-state index in [1.165, 1.54) is 24.0 Å². The van der Waals surface area contributed by atoms with Crippen LogP contribution in [0.4, 0.5) is 0 Å². The van der Waals surface area contributed by atoms with Crippen LogP contribution in [0.25, 0.3) is 0 Å².